The first kappa shape index (κ1) is 30.8. The average molecular weight is 595 g/mol. The van der Waals surface area contributed by atoms with Crippen LogP contribution in [-0.2, 0) is 14.4 Å². The Morgan fingerprint density at radius 2 is 1.74 bits per heavy atom. The van der Waals surface area contributed by atoms with Crippen molar-refractivity contribution in [1.29, 1.82) is 0 Å². The molecule has 0 radical (unpaired) electrons. The number of ketones is 1. The molecule has 6 rings (SSSR count). The van der Waals surface area contributed by atoms with Gasteiger partial charge in [-0.15, -0.1) is 0 Å². The highest BCUT2D eigenvalue weighted by molar-refractivity contribution is 5.91. The molecule has 0 aromatic heterocycles. The van der Waals surface area contributed by atoms with Gasteiger partial charge in [-0.25, -0.2) is 4.79 Å². The maximum absolute atomic E-state index is 13.6. The predicted molar refractivity (Wildman–Crippen MR) is 167 cm³/mol. The van der Waals surface area contributed by atoms with Gasteiger partial charge in [-0.2, -0.15) is 0 Å². The van der Waals surface area contributed by atoms with Gasteiger partial charge in [-0.05, 0) is 112 Å². The highest BCUT2D eigenvalue weighted by Crippen LogP contribution is 2.66. The number of hydrogen-bond donors (Lipinski definition) is 1. The zero-order valence-electron chi connectivity index (χ0n) is 27.2. The topological polar surface area (TPSA) is 91.3 Å². The quantitative estimate of drug-likeness (QED) is 0.228. The van der Waals surface area contributed by atoms with Crippen LogP contribution in [0.15, 0.2) is 16.8 Å². The monoisotopic (exact) mass is 594 g/mol. The van der Waals surface area contributed by atoms with Crippen molar-refractivity contribution in [2.24, 2.45) is 39.7 Å². The molecule has 238 valence electrons. The summed E-state index contributed by atoms with van der Waals surface area (Å²) >= 11 is 0. The van der Waals surface area contributed by atoms with E-state index in [-0.39, 0.29) is 41.0 Å². The first-order chi connectivity index (χ1) is 20.5. The Bertz CT molecular complexity index is 1170. The summed E-state index contributed by atoms with van der Waals surface area (Å²) in [7, 11) is 3.59. The molecule has 8 atom stereocenters. The van der Waals surface area contributed by atoms with Crippen LogP contribution in [0, 0.1) is 34.5 Å². The maximum atomic E-state index is 13.6. The minimum Gasteiger partial charge on any atom is -0.347 e. The van der Waals surface area contributed by atoms with Gasteiger partial charge in [0.15, 0.2) is 5.78 Å². The van der Waals surface area contributed by atoms with E-state index < -0.39 is 0 Å². The second-order valence-corrected chi connectivity index (χ2v) is 15.5. The third kappa shape index (κ3) is 5.59. The van der Waals surface area contributed by atoms with Crippen molar-refractivity contribution in [2.75, 3.05) is 20.6 Å². The van der Waals surface area contributed by atoms with Gasteiger partial charge in [0.1, 0.15) is 0 Å². The highest BCUT2D eigenvalue weighted by Gasteiger charge is 2.59. The summed E-state index contributed by atoms with van der Waals surface area (Å²) in [6.07, 6.45) is 16.3. The van der Waals surface area contributed by atoms with E-state index in [1.54, 1.807) is 19.0 Å². The maximum Gasteiger partial charge on any atom is 0.436 e. The van der Waals surface area contributed by atoms with Crippen LogP contribution in [0.25, 0.3) is 0 Å². The number of carbonyl (C=O) groups is 3. The van der Waals surface area contributed by atoms with Crippen molar-refractivity contribution in [3.8, 4) is 0 Å². The smallest absolute Gasteiger partial charge is 0.347 e. The summed E-state index contributed by atoms with van der Waals surface area (Å²) < 4.78 is 0. The third-order valence-corrected chi connectivity index (χ3v) is 13.1. The van der Waals surface area contributed by atoms with Gasteiger partial charge in [0.05, 0.1) is 11.8 Å². The summed E-state index contributed by atoms with van der Waals surface area (Å²) in [5, 5.41) is 8.04. The van der Waals surface area contributed by atoms with Crippen molar-refractivity contribution in [3.63, 3.8) is 0 Å². The van der Waals surface area contributed by atoms with Gasteiger partial charge in [-0.1, -0.05) is 37.4 Å². The fraction of sp³-hybridized carbons (Fsp3) is 0.829. The number of oxime groups is 1. The normalized spacial score (nSPS) is 39.5. The lowest BCUT2D eigenvalue weighted by molar-refractivity contribution is -0.130. The van der Waals surface area contributed by atoms with Gasteiger partial charge in [0.2, 0.25) is 5.91 Å². The van der Waals surface area contributed by atoms with E-state index in [9.17, 15) is 14.4 Å². The zero-order valence-corrected chi connectivity index (χ0v) is 27.2. The average Bonchev–Trinajstić information content (AvgIpc) is 3.74. The Balaban J connectivity index is 1.11. The standard InChI is InChI=1S/C35H54N4O4/c1-22(37-43-33(42)39(25-8-6-7-9-25)21-24-11-15-31(36-24)32(41)38(4)5)28-13-14-29-27-12-10-23-20-26(40)16-18-34(23,2)30(27)17-19-35(28,29)3/h20,24-25,27-31,36H,6-19,21H2,1-5H3/b37-22+/t24?,27-,28+,29-,30-,31?,34-,35+/m0/s1. The Morgan fingerprint density at radius 3 is 2.49 bits per heavy atom. The number of nitrogens with zero attached hydrogens (tertiary/aromatic N) is 3. The minimum absolute atomic E-state index is 0.0896. The van der Waals surface area contributed by atoms with E-state index in [0.29, 0.717) is 42.4 Å². The van der Waals surface area contributed by atoms with E-state index in [1.165, 1.54) is 31.3 Å². The lowest BCUT2D eigenvalue weighted by atomic mass is 9.46. The molecule has 0 aromatic carbocycles. The molecule has 0 bridgehead atoms. The molecule has 2 unspecified atom stereocenters. The lowest BCUT2D eigenvalue weighted by Crippen LogP contribution is -2.51. The number of allylic oxidation sites excluding steroid dienone is 1. The molecule has 0 spiro atoms. The van der Waals surface area contributed by atoms with E-state index in [2.05, 4.69) is 31.2 Å². The summed E-state index contributed by atoms with van der Waals surface area (Å²) in [4.78, 5) is 47.6. The van der Waals surface area contributed by atoms with Gasteiger partial charge in [0.25, 0.3) is 0 Å². The van der Waals surface area contributed by atoms with E-state index in [4.69, 9.17) is 4.84 Å². The summed E-state index contributed by atoms with van der Waals surface area (Å²) in [5.74, 6) is 2.79. The van der Waals surface area contributed by atoms with Gasteiger partial charge >= 0.3 is 6.09 Å². The zero-order chi connectivity index (χ0) is 30.5. The van der Waals surface area contributed by atoms with Gasteiger partial charge in [0, 0.05) is 45.1 Å². The third-order valence-electron chi connectivity index (χ3n) is 13.1. The van der Waals surface area contributed by atoms with Crippen LogP contribution in [0.2, 0.25) is 0 Å². The Morgan fingerprint density at radius 1 is 0.977 bits per heavy atom. The van der Waals surface area contributed by atoms with Crippen molar-refractivity contribution < 1.29 is 19.2 Å². The molecule has 8 nitrogen and oxygen atoms in total. The molecule has 0 aromatic rings. The number of amides is 2. The van der Waals surface area contributed by atoms with Crippen molar-refractivity contribution >= 4 is 23.5 Å². The highest BCUT2D eigenvalue weighted by atomic mass is 16.7. The van der Waals surface area contributed by atoms with Crippen LogP contribution in [0.4, 0.5) is 4.79 Å². The van der Waals surface area contributed by atoms with Crippen LogP contribution >= 0.6 is 0 Å². The fourth-order valence-corrected chi connectivity index (χ4v) is 10.8. The first-order valence-electron chi connectivity index (χ1n) is 17.2. The second kappa shape index (κ2) is 11.9. The van der Waals surface area contributed by atoms with Crippen LogP contribution in [0.5, 0.6) is 0 Å². The van der Waals surface area contributed by atoms with Crippen LogP contribution < -0.4 is 5.32 Å². The largest absolute Gasteiger partial charge is 0.436 e. The van der Waals surface area contributed by atoms with E-state index in [1.807, 2.05) is 11.0 Å². The molecule has 2 amide bonds. The summed E-state index contributed by atoms with van der Waals surface area (Å²) in [6.45, 7) is 7.55. The number of hydrogen-bond acceptors (Lipinski definition) is 6. The molecule has 4 saturated carbocycles. The lowest BCUT2D eigenvalue weighted by Gasteiger charge is -2.58. The molecule has 1 aliphatic heterocycles. The molecular weight excluding hydrogens is 540 g/mol. The number of likely N-dealkylation sites (N-methyl/N-ethyl adjacent to an activating group) is 1. The van der Waals surface area contributed by atoms with Crippen LogP contribution in [0.1, 0.15) is 111 Å². The molecule has 6 aliphatic rings. The van der Waals surface area contributed by atoms with Crippen molar-refractivity contribution in [3.05, 3.63) is 11.6 Å². The molecule has 1 N–H and O–H groups in total. The van der Waals surface area contributed by atoms with Crippen molar-refractivity contribution in [1.82, 2.24) is 15.1 Å². The number of nitrogens with one attached hydrogen (secondary N) is 1. The van der Waals surface area contributed by atoms with Crippen LogP contribution in [-0.4, -0.2) is 72.1 Å². The van der Waals surface area contributed by atoms with Gasteiger partial charge < -0.3 is 15.1 Å². The van der Waals surface area contributed by atoms with Gasteiger partial charge in [-0.3, -0.25) is 14.4 Å². The second-order valence-electron chi connectivity index (χ2n) is 15.5. The summed E-state index contributed by atoms with van der Waals surface area (Å²) in [5.41, 5.74) is 2.75. The molecular formula is C35H54N4O4. The predicted octanol–water partition coefficient (Wildman–Crippen LogP) is 6.10. The van der Waals surface area contributed by atoms with Crippen molar-refractivity contribution in [2.45, 2.75) is 129 Å². The van der Waals surface area contributed by atoms with Crippen LogP contribution in [0.3, 0.4) is 0 Å². The first-order valence-corrected chi connectivity index (χ1v) is 17.2. The SMILES string of the molecule is C/C(=N\OC(=O)N(CC1CCC(C(=O)N(C)C)N1)C1CCCC1)[C@H]1CC[C@H]2[C@@H]3CCC4=CC(=O)CC[C@]4(C)[C@H]3CC[C@]12C. The molecule has 8 heteroatoms. The molecule has 43 heavy (non-hydrogen) atoms. The Kier molecular flexibility index (Phi) is 8.55. The Labute approximate surface area is 258 Å². The Hall–Kier alpha value is -2.22. The molecule has 5 fully saturated rings. The minimum atomic E-state index is -0.342. The summed E-state index contributed by atoms with van der Waals surface area (Å²) in [6, 6.07) is 0.0911. The molecule has 1 saturated heterocycles. The van der Waals surface area contributed by atoms with E-state index in [0.717, 1.165) is 63.5 Å². The number of fused-ring (bicyclic) bond motifs is 5. The number of carbonyl (C=O) groups excluding carboxylic acids is 3. The van der Waals surface area contributed by atoms with E-state index >= 15 is 0 Å². The number of rotatable bonds is 6. The molecule has 5 aliphatic carbocycles. The molecule has 1 heterocycles. The fourth-order valence-electron chi connectivity index (χ4n) is 10.8.